The topological polar surface area (TPSA) is 32.3 Å². The lowest BCUT2D eigenvalue weighted by molar-refractivity contribution is -0.132. The minimum Gasteiger partial charge on any atom is -0.350 e. The number of halogens is 1. The smallest absolute Gasteiger partial charge is 0.223 e. The molecular formula is C23H31FN2O. The first kappa shape index (κ1) is 17.7. The van der Waals surface area contributed by atoms with Gasteiger partial charge >= 0.3 is 0 Å². The molecule has 4 saturated carbocycles. The van der Waals surface area contributed by atoms with Crippen LogP contribution in [-0.2, 0) is 11.3 Å². The summed E-state index contributed by atoms with van der Waals surface area (Å²) in [6.45, 7) is 2.41. The summed E-state index contributed by atoms with van der Waals surface area (Å²) in [5.74, 6) is 2.88. The quantitative estimate of drug-likeness (QED) is 0.865. The van der Waals surface area contributed by atoms with E-state index < -0.39 is 0 Å². The zero-order chi connectivity index (χ0) is 18.4. The van der Waals surface area contributed by atoms with Gasteiger partial charge in [-0.1, -0.05) is 18.2 Å². The van der Waals surface area contributed by atoms with Crippen LogP contribution in [0.2, 0.25) is 0 Å². The van der Waals surface area contributed by atoms with Crippen molar-refractivity contribution in [1.29, 1.82) is 0 Å². The van der Waals surface area contributed by atoms with Crippen LogP contribution < -0.4 is 5.32 Å². The first-order valence-corrected chi connectivity index (χ1v) is 10.9. The minimum atomic E-state index is -0.126. The van der Waals surface area contributed by atoms with E-state index in [4.69, 9.17) is 0 Å². The SMILES string of the molecule is O=C(NC12CC3CC(CC(C3)C1)C2)C1CCN(Cc2ccccc2F)CC1. The number of nitrogens with zero attached hydrogens (tertiary/aromatic N) is 1. The van der Waals surface area contributed by atoms with Crippen LogP contribution in [0.25, 0.3) is 0 Å². The molecule has 5 fully saturated rings. The average Bonchev–Trinajstić information content (AvgIpc) is 2.63. The van der Waals surface area contributed by atoms with Crippen LogP contribution in [0, 0.1) is 29.5 Å². The summed E-state index contributed by atoms with van der Waals surface area (Å²) in [5, 5.41) is 3.55. The number of benzene rings is 1. The van der Waals surface area contributed by atoms with Gasteiger partial charge in [0.05, 0.1) is 0 Å². The third kappa shape index (κ3) is 3.53. The summed E-state index contributed by atoms with van der Waals surface area (Å²) in [6.07, 6.45) is 9.67. The summed E-state index contributed by atoms with van der Waals surface area (Å²) in [7, 11) is 0. The molecule has 4 bridgehead atoms. The highest BCUT2D eigenvalue weighted by molar-refractivity contribution is 5.79. The van der Waals surface area contributed by atoms with Crippen molar-refractivity contribution in [3.05, 3.63) is 35.6 Å². The maximum atomic E-state index is 13.9. The minimum absolute atomic E-state index is 0.121. The molecule has 3 nitrogen and oxygen atoms in total. The highest BCUT2D eigenvalue weighted by Gasteiger charge is 2.51. The van der Waals surface area contributed by atoms with Crippen LogP contribution in [-0.4, -0.2) is 29.4 Å². The summed E-state index contributed by atoms with van der Waals surface area (Å²) >= 11 is 0. The van der Waals surface area contributed by atoms with Gasteiger partial charge in [0.1, 0.15) is 5.82 Å². The maximum Gasteiger partial charge on any atom is 0.223 e. The van der Waals surface area contributed by atoms with Crippen molar-refractivity contribution in [1.82, 2.24) is 10.2 Å². The number of likely N-dealkylation sites (tertiary alicyclic amines) is 1. The number of rotatable bonds is 4. The molecule has 6 rings (SSSR count). The molecule has 27 heavy (non-hydrogen) atoms. The van der Waals surface area contributed by atoms with Crippen LogP contribution in [0.1, 0.15) is 56.9 Å². The zero-order valence-electron chi connectivity index (χ0n) is 16.1. The van der Waals surface area contributed by atoms with Gasteiger partial charge in [0.15, 0.2) is 0 Å². The fourth-order valence-corrected chi connectivity index (χ4v) is 6.85. The number of nitrogens with one attached hydrogen (secondary N) is 1. The Morgan fingerprint density at radius 1 is 1.04 bits per heavy atom. The molecule has 1 heterocycles. The van der Waals surface area contributed by atoms with Gasteiger partial charge in [0.25, 0.3) is 0 Å². The Labute approximate surface area is 161 Å². The third-order valence-electron chi connectivity index (χ3n) is 7.74. The molecule has 146 valence electrons. The van der Waals surface area contributed by atoms with Gasteiger partial charge in [-0.25, -0.2) is 4.39 Å². The fraction of sp³-hybridized carbons (Fsp3) is 0.696. The monoisotopic (exact) mass is 370 g/mol. The summed E-state index contributed by atoms with van der Waals surface area (Å²) in [5.41, 5.74) is 0.879. The van der Waals surface area contributed by atoms with E-state index in [1.54, 1.807) is 6.07 Å². The molecule has 1 N–H and O–H groups in total. The fourth-order valence-electron chi connectivity index (χ4n) is 6.85. The normalized spacial score (nSPS) is 36.1. The molecule has 1 aromatic rings. The van der Waals surface area contributed by atoms with E-state index in [0.717, 1.165) is 49.2 Å². The van der Waals surface area contributed by atoms with Crippen molar-refractivity contribution < 1.29 is 9.18 Å². The van der Waals surface area contributed by atoms with Crippen LogP contribution in [0.5, 0.6) is 0 Å². The zero-order valence-corrected chi connectivity index (χ0v) is 16.1. The molecule has 1 amide bonds. The number of carbonyl (C=O) groups is 1. The molecule has 0 atom stereocenters. The van der Waals surface area contributed by atoms with Crippen molar-refractivity contribution >= 4 is 5.91 Å². The Hall–Kier alpha value is -1.42. The lowest BCUT2D eigenvalue weighted by Crippen LogP contribution is -2.61. The number of amides is 1. The predicted octanol–water partition coefficient (Wildman–Crippen LogP) is 4.12. The van der Waals surface area contributed by atoms with E-state index in [0.29, 0.717) is 12.5 Å². The van der Waals surface area contributed by atoms with E-state index in [9.17, 15) is 9.18 Å². The summed E-state index contributed by atoms with van der Waals surface area (Å²) < 4.78 is 13.9. The van der Waals surface area contributed by atoms with Crippen molar-refractivity contribution in [3.8, 4) is 0 Å². The van der Waals surface area contributed by atoms with Crippen molar-refractivity contribution in [2.75, 3.05) is 13.1 Å². The van der Waals surface area contributed by atoms with Gasteiger partial charge < -0.3 is 5.32 Å². The second-order valence-electron chi connectivity index (χ2n) is 9.83. The molecule has 4 heteroatoms. The Morgan fingerprint density at radius 3 is 2.22 bits per heavy atom. The van der Waals surface area contributed by atoms with E-state index in [-0.39, 0.29) is 17.3 Å². The highest BCUT2D eigenvalue weighted by Crippen LogP contribution is 2.55. The molecular weight excluding hydrogens is 339 g/mol. The second kappa shape index (κ2) is 6.88. The molecule has 0 radical (unpaired) electrons. The van der Waals surface area contributed by atoms with Gasteiger partial charge in [-0.15, -0.1) is 0 Å². The Bertz CT molecular complexity index is 675. The largest absolute Gasteiger partial charge is 0.350 e. The van der Waals surface area contributed by atoms with Gasteiger partial charge in [0, 0.05) is 23.6 Å². The number of hydrogen-bond donors (Lipinski definition) is 1. The third-order valence-corrected chi connectivity index (χ3v) is 7.74. The standard InChI is InChI=1S/C23H31FN2O/c24-21-4-2-1-3-20(21)15-26-7-5-19(6-8-26)22(27)25-23-12-16-9-17(13-23)11-18(10-16)14-23/h1-4,16-19H,5-15H2,(H,25,27). The van der Waals surface area contributed by atoms with Crippen LogP contribution in [0.4, 0.5) is 4.39 Å². The molecule has 0 unspecified atom stereocenters. The van der Waals surface area contributed by atoms with Gasteiger partial charge in [-0.05, 0) is 88.3 Å². The predicted molar refractivity (Wildman–Crippen MR) is 103 cm³/mol. The Balaban J connectivity index is 1.16. The molecule has 1 saturated heterocycles. The molecule has 0 spiro atoms. The lowest BCUT2D eigenvalue weighted by atomic mass is 9.53. The van der Waals surface area contributed by atoms with Crippen molar-refractivity contribution in [2.45, 2.75) is 63.5 Å². The Kier molecular flexibility index (Phi) is 4.50. The Morgan fingerprint density at radius 2 is 1.63 bits per heavy atom. The van der Waals surface area contributed by atoms with E-state index >= 15 is 0 Å². The first-order valence-electron chi connectivity index (χ1n) is 10.9. The van der Waals surface area contributed by atoms with E-state index in [1.807, 2.05) is 12.1 Å². The molecule has 4 aliphatic carbocycles. The van der Waals surface area contributed by atoms with Gasteiger partial charge in [-0.2, -0.15) is 0 Å². The number of carbonyl (C=O) groups excluding carboxylic acids is 1. The number of hydrogen-bond acceptors (Lipinski definition) is 2. The average molecular weight is 371 g/mol. The molecule has 1 aromatic carbocycles. The summed E-state index contributed by atoms with van der Waals surface area (Å²) in [6, 6.07) is 7.02. The van der Waals surface area contributed by atoms with Gasteiger partial charge in [-0.3, -0.25) is 9.69 Å². The van der Waals surface area contributed by atoms with Gasteiger partial charge in [0.2, 0.25) is 5.91 Å². The number of piperidine rings is 1. The van der Waals surface area contributed by atoms with E-state index in [1.165, 1.54) is 44.6 Å². The van der Waals surface area contributed by atoms with Crippen LogP contribution >= 0.6 is 0 Å². The van der Waals surface area contributed by atoms with E-state index in [2.05, 4.69) is 10.2 Å². The van der Waals surface area contributed by atoms with Crippen molar-refractivity contribution in [3.63, 3.8) is 0 Å². The first-order chi connectivity index (χ1) is 13.1. The second-order valence-corrected chi connectivity index (χ2v) is 9.83. The molecule has 1 aliphatic heterocycles. The highest BCUT2D eigenvalue weighted by atomic mass is 19.1. The molecule has 5 aliphatic rings. The van der Waals surface area contributed by atoms with Crippen molar-refractivity contribution in [2.24, 2.45) is 23.7 Å². The van der Waals surface area contributed by atoms with Crippen LogP contribution in [0.15, 0.2) is 24.3 Å². The lowest BCUT2D eigenvalue weighted by Gasteiger charge is -2.57. The maximum absolute atomic E-state index is 13.9. The summed E-state index contributed by atoms with van der Waals surface area (Å²) in [4.78, 5) is 15.3. The van der Waals surface area contributed by atoms with Crippen LogP contribution in [0.3, 0.4) is 0 Å². The molecule has 0 aromatic heterocycles.